The third-order valence-corrected chi connectivity index (χ3v) is 5.40. The second-order valence-electron chi connectivity index (χ2n) is 6.71. The highest BCUT2D eigenvalue weighted by Crippen LogP contribution is 2.33. The number of hydrazine groups is 1. The minimum Gasteiger partial charge on any atom is -0.332 e. The van der Waals surface area contributed by atoms with Crippen LogP contribution in [-0.4, -0.2) is 41.5 Å². The van der Waals surface area contributed by atoms with Gasteiger partial charge in [0.25, 0.3) is 0 Å². The molecule has 3 aliphatic rings. The lowest BCUT2D eigenvalue weighted by molar-refractivity contribution is -0.129. The molecule has 1 amide bonds. The Labute approximate surface area is 142 Å². The van der Waals surface area contributed by atoms with Crippen LogP contribution in [0.5, 0.6) is 0 Å². The van der Waals surface area contributed by atoms with Crippen molar-refractivity contribution in [1.29, 1.82) is 0 Å². The van der Waals surface area contributed by atoms with Crippen molar-refractivity contribution >= 4 is 17.5 Å². The number of carbonyl (C=O) groups is 1. The SMILES string of the molecule is O=C(C1=CCN2CC1CCN2)N(Cc1ccccc1Cl)C1CC1. The Morgan fingerprint density at radius 2 is 2.13 bits per heavy atom. The van der Waals surface area contributed by atoms with Crippen LogP contribution in [0.25, 0.3) is 0 Å². The highest BCUT2D eigenvalue weighted by atomic mass is 35.5. The van der Waals surface area contributed by atoms with Crippen LogP contribution in [0.1, 0.15) is 24.8 Å². The summed E-state index contributed by atoms with van der Waals surface area (Å²) < 4.78 is 0. The second-order valence-corrected chi connectivity index (χ2v) is 7.12. The van der Waals surface area contributed by atoms with Crippen LogP contribution in [0.15, 0.2) is 35.9 Å². The maximum absolute atomic E-state index is 13.2. The average Bonchev–Trinajstić information content (AvgIpc) is 3.39. The summed E-state index contributed by atoms with van der Waals surface area (Å²) in [6, 6.07) is 8.23. The maximum Gasteiger partial charge on any atom is 0.250 e. The molecule has 2 atom stereocenters. The number of nitrogens with one attached hydrogen (secondary N) is 1. The zero-order valence-electron chi connectivity index (χ0n) is 13.2. The van der Waals surface area contributed by atoms with Crippen LogP contribution in [0.2, 0.25) is 5.02 Å². The van der Waals surface area contributed by atoms with Crippen LogP contribution < -0.4 is 5.43 Å². The van der Waals surface area contributed by atoms with E-state index in [0.717, 1.165) is 55.1 Å². The molecule has 0 radical (unpaired) electrons. The van der Waals surface area contributed by atoms with E-state index in [-0.39, 0.29) is 5.91 Å². The third kappa shape index (κ3) is 3.16. The highest BCUT2D eigenvalue weighted by Gasteiger charge is 2.38. The minimum atomic E-state index is 0.221. The molecule has 2 bridgehead atoms. The molecule has 2 unspecified atom stereocenters. The fourth-order valence-electron chi connectivity index (χ4n) is 3.58. The topological polar surface area (TPSA) is 35.6 Å². The molecule has 1 aromatic carbocycles. The van der Waals surface area contributed by atoms with E-state index >= 15 is 0 Å². The van der Waals surface area contributed by atoms with Gasteiger partial charge in [0.05, 0.1) is 0 Å². The zero-order chi connectivity index (χ0) is 15.8. The first-order valence-corrected chi connectivity index (χ1v) is 8.83. The molecule has 5 heteroatoms. The molecule has 4 rings (SSSR count). The van der Waals surface area contributed by atoms with E-state index < -0.39 is 0 Å². The molecular weight excluding hydrogens is 310 g/mol. The first-order chi connectivity index (χ1) is 11.2. The second kappa shape index (κ2) is 6.27. The molecule has 0 aromatic heterocycles. The maximum atomic E-state index is 13.2. The van der Waals surface area contributed by atoms with Gasteiger partial charge in [-0.2, -0.15) is 0 Å². The van der Waals surface area contributed by atoms with Gasteiger partial charge in [-0.1, -0.05) is 35.9 Å². The molecule has 2 fully saturated rings. The van der Waals surface area contributed by atoms with Gasteiger partial charge in [0.1, 0.15) is 0 Å². The van der Waals surface area contributed by atoms with Crippen molar-refractivity contribution in [3.8, 4) is 0 Å². The predicted molar refractivity (Wildman–Crippen MR) is 90.8 cm³/mol. The van der Waals surface area contributed by atoms with E-state index in [4.69, 9.17) is 11.6 Å². The summed E-state index contributed by atoms with van der Waals surface area (Å²) in [6.07, 6.45) is 5.38. The van der Waals surface area contributed by atoms with Gasteiger partial charge in [-0.05, 0) is 30.9 Å². The lowest BCUT2D eigenvalue weighted by Crippen LogP contribution is -2.52. The van der Waals surface area contributed by atoms with Gasteiger partial charge < -0.3 is 4.90 Å². The molecule has 1 N–H and O–H groups in total. The monoisotopic (exact) mass is 331 g/mol. The van der Waals surface area contributed by atoms with E-state index in [9.17, 15) is 4.79 Å². The number of halogens is 1. The fraction of sp³-hybridized carbons (Fsp3) is 0.500. The van der Waals surface area contributed by atoms with Gasteiger partial charge in [0, 0.05) is 48.7 Å². The Morgan fingerprint density at radius 3 is 2.91 bits per heavy atom. The third-order valence-electron chi connectivity index (χ3n) is 5.03. The van der Waals surface area contributed by atoms with Crippen molar-refractivity contribution in [2.75, 3.05) is 19.6 Å². The van der Waals surface area contributed by atoms with Gasteiger partial charge >= 0.3 is 0 Å². The van der Waals surface area contributed by atoms with E-state index in [1.54, 1.807) is 0 Å². The summed E-state index contributed by atoms with van der Waals surface area (Å²) in [6.45, 7) is 3.35. The van der Waals surface area contributed by atoms with Gasteiger partial charge in [-0.3, -0.25) is 10.2 Å². The Hall–Kier alpha value is -1.36. The summed E-state index contributed by atoms with van der Waals surface area (Å²) in [5, 5.41) is 2.96. The predicted octanol–water partition coefficient (Wildman–Crippen LogP) is 2.60. The van der Waals surface area contributed by atoms with Gasteiger partial charge in [0.15, 0.2) is 0 Å². The van der Waals surface area contributed by atoms with Crippen LogP contribution in [0.4, 0.5) is 0 Å². The number of fused-ring (bicyclic) bond motifs is 2. The number of rotatable bonds is 4. The van der Waals surface area contributed by atoms with Gasteiger partial charge in [-0.25, -0.2) is 5.01 Å². The lowest BCUT2D eigenvalue weighted by Gasteiger charge is -2.39. The number of hydrogen-bond acceptors (Lipinski definition) is 3. The zero-order valence-corrected chi connectivity index (χ0v) is 13.9. The normalized spacial score (nSPS) is 26.6. The Morgan fingerprint density at radius 1 is 1.30 bits per heavy atom. The summed E-state index contributed by atoms with van der Waals surface area (Å²) in [4.78, 5) is 15.2. The van der Waals surface area contributed by atoms with E-state index in [1.807, 2.05) is 29.2 Å². The van der Waals surface area contributed by atoms with Crippen molar-refractivity contribution in [2.45, 2.75) is 31.8 Å². The minimum absolute atomic E-state index is 0.221. The first kappa shape index (κ1) is 15.2. The quantitative estimate of drug-likeness (QED) is 0.921. The molecule has 4 nitrogen and oxygen atoms in total. The van der Waals surface area contributed by atoms with Gasteiger partial charge in [-0.15, -0.1) is 0 Å². The van der Waals surface area contributed by atoms with Crippen LogP contribution in [0, 0.1) is 5.92 Å². The number of amides is 1. The average molecular weight is 332 g/mol. The van der Waals surface area contributed by atoms with E-state index in [2.05, 4.69) is 16.5 Å². The molecule has 1 aromatic rings. The smallest absolute Gasteiger partial charge is 0.250 e. The molecule has 2 heterocycles. The summed E-state index contributed by atoms with van der Waals surface area (Å²) in [5.74, 6) is 0.587. The lowest BCUT2D eigenvalue weighted by atomic mass is 9.89. The van der Waals surface area contributed by atoms with Crippen LogP contribution >= 0.6 is 11.6 Å². The van der Waals surface area contributed by atoms with Crippen molar-refractivity contribution < 1.29 is 4.79 Å². The van der Waals surface area contributed by atoms with Crippen molar-refractivity contribution in [3.63, 3.8) is 0 Å². The Kier molecular flexibility index (Phi) is 4.14. The van der Waals surface area contributed by atoms with Crippen molar-refractivity contribution in [1.82, 2.24) is 15.3 Å². The summed E-state index contributed by atoms with van der Waals surface area (Å²) in [5.41, 5.74) is 5.42. The van der Waals surface area contributed by atoms with E-state index in [0.29, 0.717) is 18.5 Å². The molecular formula is C18H22ClN3O. The molecule has 2 aliphatic heterocycles. The molecule has 23 heavy (non-hydrogen) atoms. The van der Waals surface area contributed by atoms with Gasteiger partial charge in [0.2, 0.25) is 5.91 Å². The molecule has 1 saturated carbocycles. The van der Waals surface area contributed by atoms with Crippen LogP contribution in [0.3, 0.4) is 0 Å². The van der Waals surface area contributed by atoms with Crippen LogP contribution in [-0.2, 0) is 11.3 Å². The number of hydrogen-bond donors (Lipinski definition) is 1. The first-order valence-electron chi connectivity index (χ1n) is 8.45. The number of nitrogens with zero attached hydrogens (tertiary/aromatic N) is 2. The van der Waals surface area contributed by atoms with E-state index in [1.165, 1.54) is 0 Å². The summed E-state index contributed by atoms with van der Waals surface area (Å²) in [7, 11) is 0. The number of carbonyl (C=O) groups excluding carboxylic acids is 1. The van der Waals surface area contributed by atoms with Crippen molar-refractivity contribution in [2.24, 2.45) is 5.92 Å². The highest BCUT2D eigenvalue weighted by molar-refractivity contribution is 6.31. The fourth-order valence-corrected chi connectivity index (χ4v) is 3.77. The molecule has 1 aliphatic carbocycles. The number of benzene rings is 1. The van der Waals surface area contributed by atoms with Crippen molar-refractivity contribution in [3.05, 3.63) is 46.5 Å². The Bertz CT molecular complexity index is 641. The molecule has 1 saturated heterocycles. The standard InChI is InChI=1S/C18H22ClN3O/c19-17-4-2-1-3-14(17)12-22(15-5-6-15)18(23)16-8-10-21-11-13(16)7-9-20-21/h1-4,8,13,15,20H,5-7,9-12H2. The molecule has 122 valence electrons. The largest absolute Gasteiger partial charge is 0.332 e. The summed E-state index contributed by atoms with van der Waals surface area (Å²) >= 11 is 6.30. The Balaban J connectivity index is 1.55. The molecule has 0 spiro atoms.